The average Bonchev–Trinajstić information content (AvgIpc) is 2.23. The van der Waals surface area contributed by atoms with Crippen LogP contribution in [0, 0.1) is 5.82 Å². The summed E-state index contributed by atoms with van der Waals surface area (Å²) in [5.74, 6) is -0.254. The Bertz CT molecular complexity index is 320. The van der Waals surface area contributed by atoms with Gasteiger partial charge in [0.05, 0.1) is 0 Å². The van der Waals surface area contributed by atoms with E-state index in [0.29, 0.717) is 5.56 Å². The molecule has 0 aliphatic carbocycles. The lowest BCUT2D eigenvalue weighted by Crippen LogP contribution is -1.94. The fourth-order valence-electron chi connectivity index (χ4n) is 1.58. The van der Waals surface area contributed by atoms with Crippen LogP contribution in [0.3, 0.4) is 0 Å². The number of aryl methyl sites for hydroxylation is 1. The molecule has 0 radical (unpaired) electrons. The lowest BCUT2D eigenvalue weighted by Gasteiger charge is -2.03. The van der Waals surface area contributed by atoms with Gasteiger partial charge in [0.25, 0.3) is 0 Å². The van der Waals surface area contributed by atoms with Crippen LogP contribution in [0.2, 0.25) is 0 Å². The van der Waals surface area contributed by atoms with Gasteiger partial charge in [0.1, 0.15) is 12.1 Å². The van der Waals surface area contributed by atoms with Gasteiger partial charge in [-0.05, 0) is 30.0 Å². The van der Waals surface area contributed by atoms with Crippen LogP contribution in [-0.4, -0.2) is 6.29 Å². The van der Waals surface area contributed by atoms with Crippen LogP contribution in [0.4, 0.5) is 4.39 Å². The van der Waals surface area contributed by atoms with Crippen molar-refractivity contribution in [2.24, 2.45) is 0 Å². The van der Waals surface area contributed by atoms with Crippen LogP contribution in [0.5, 0.6) is 0 Å². The van der Waals surface area contributed by atoms with E-state index in [1.165, 1.54) is 12.8 Å². The zero-order valence-corrected chi connectivity index (χ0v) is 9.13. The maximum atomic E-state index is 13.4. The second-order valence-corrected chi connectivity index (χ2v) is 3.75. The molecule has 0 saturated carbocycles. The molecular weight excluding hydrogens is 191 g/mol. The molecule has 0 spiro atoms. The third kappa shape index (κ3) is 3.82. The molecule has 0 aromatic heterocycles. The second kappa shape index (κ2) is 6.33. The molecule has 0 heterocycles. The van der Waals surface area contributed by atoms with E-state index < -0.39 is 0 Å². The van der Waals surface area contributed by atoms with E-state index in [4.69, 9.17) is 0 Å². The van der Waals surface area contributed by atoms with Crippen molar-refractivity contribution in [1.82, 2.24) is 0 Å². The van der Waals surface area contributed by atoms with Gasteiger partial charge in [-0.3, -0.25) is 0 Å². The van der Waals surface area contributed by atoms with Gasteiger partial charge in [-0.1, -0.05) is 31.9 Å². The lowest BCUT2D eigenvalue weighted by atomic mass is 10.0. The molecule has 0 bridgehead atoms. The number of hydrogen-bond donors (Lipinski definition) is 0. The van der Waals surface area contributed by atoms with Crippen LogP contribution >= 0.6 is 0 Å². The Kier molecular flexibility index (Phi) is 5.02. The summed E-state index contributed by atoms with van der Waals surface area (Å²) in [5.41, 5.74) is 1.51. The first-order valence-corrected chi connectivity index (χ1v) is 5.49. The van der Waals surface area contributed by atoms with Gasteiger partial charge in [-0.15, -0.1) is 0 Å². The van der Waals surface area contributed by atoms with E-state index in [2.05, 4.69) is 6.92 Å². The lowest BCUT2D eigenvalue weighted by molar-refractivity contribution is -0.107. The highest BCUT2D eigenvalue weighted by molar-refractivity contribution is 5.55. The zero-order chi connectivity index (χ0) is 11.1. The van der Waals surface area contributed by atoms with E-state index >= 15 is 0 Å². The third-order valence-electron chi connectivity index (χ3n) is 2.49. The maximum absolute atomic E-state index is 13.4. The largest absolute Gasteiger partial charge is 0.303 e. The smallest absolute Gasteiger partial charge is 0.127 e. The molecule has 0 amide bonds. The monoisotopic (exact) mass is 208 g/mol. The number of rotatable bonds is 6. The van der Waals surface area contributed by atoms with E-state index in [9.17, 15) is 9.18 Å². The summed E-state index contributed by atoms with van der Waals surface area (Å²) in [6.45, 7) is 2.15. The Balaban J connectivity index is 2.60. The molecule has 82 valence electrons. The summed E-state index contributed by atoms with van der Waals surface area (Å²) in [4.78, 5) is 10.3. The summed E-state index contributed by atoms with van der Waals surface area (Å²) in [6, 6.07) is 5.18. The molecule has 0 unspecified atom stereocenters. The number of carbonyl (C=O) groups excluding carboxylic acids is 1. The minimum Gasteiger partial charge on any atom is -0.303 e. The van der Waals surface area contributed by atoms with Crippen molar-refractivity contribution in [1.29, 1.82) is 0 Å². The van der Waals surface area contributed by atoms with Crippen LogP contribution in [0.1, 0.15) is 37.3 Å². The van der Waals surface area contributed by atoms with E-state index in [-0.39, 0.29) is 12.2 Å². The molecule has 15 heavy (non-hydrogen) atoms. The van der Waals surface area contributed by atoms with Crippen molar-refractivity contribution in [3.63, 3.8) is 0 Å². The van der Waals surface area contributed by atoms with Crippen molar-refractivity contribution >= 4 is 6.29 Å². The maximum Gasteiger partial charge on any atom is 0.127 e. The highest BCUT2D eigenvalue weighted by atomic mass is 19.1. The van der Waals surface area contributed by atoms with Crippen LogP contribution in [0.15, 0.2) is 18.2 Å². The summed E-state index contributed by atoms with van der Waals surface area (Å²) in [6.07, 6.45) is 5.27. The molecule has 0 atom stereocenters. The van der Waals surface area contributed by atoms with Gasteiger partial charge in [-0.2, -0.15) is 0 Å². The Morgan fingerprint density at radius 3 is 2.73 bits per heavy atom. The van der Waals surface area contributed by atoms with Crippen molar-refractivity contribution in [3.05, 3.63) is 35.1 Å². The molecular formula is C13H17FO. The first-order valence-electron chi connectivity index (χ1n) is 5.49. The minimum atomic E-state index is -0.254. The molecule has 0 fully saturated rings. The summed E-state index contributed by atoms with van der Waals surface area (Å²) >= 11 is 0. The van der Waals surface area contributed by atoms with Crippen molar-refractivity contribution < 1.29 is 9.18 Å². The first-order chi connectivity index (χ1) is 7.27. The third-order valence-corrected chi connectivity index (χ3v) is 2.49. The van der Waals surface area contributed by atoms with Crippen LogP contribution < -0.4 is 0 Å². The van der Waals surface area contributed by atoms with E-state index in [1.807, 2.05) is 6.07 Å². The van der Waals surface area contributed by atoms with Gasteiger partial charge in [0.15, 0.2) is 0 Å². The fourth-order valence-corrected chi connectivity index (χ4v) is 1.58. The molecule has 1 aromatic carbocycles. The van der Waals surface area contributed by atoms with Gasteiger partial charge >= 0.3 is 0 Å². The minimum absolute atomic E-state index is 0.168. The molecule has 0 aliphatic heterocycles. The SMILES string of the molecule is CCCCCc1ccc(CC=O)c(F)c1. The Morgan fingerprint density at radius 1 is 1.33 bits per heavy atom. The molecule has 0 aliphatic rings. The van der Waals surface area contributed by atoms with Crippen molar-refractivity contribution in [2.45, 2.75) is 39.0 Å². The molecule has 0 saturated heterocycles. The van der Waals surface area contributed by atoms with Gasteiger partial charge in [-0.25, -0.2) is 4.39 Å². The Labute approximate surface area is 90.3 Å². The van der Waals surface area contributed by atoms with Gasteiger partial charge in [0, 0.05) is 6.42 Å². The number of halogens is 1. The molecule has 2 heteroatoms. The summed E-state index contributed by atoms with van der Waals surface area (Å²) < 4.78 is 13.4. The topological polar surface area (TPSA) is 17.1 Å². The predicted molar refractivity (Wildman–Crippen MR) is 59.4 cm³/mol. The Morgan fingerprint density at radius 2 is 2.13 bits per heavy atom. The standard InChI is InChI=1S/C13H17FO/c1-2-3-4-5-11-6-7-12(8-9-15)13(14)10-11/h6-7,9-10H,2-5,8H2,1H3. The fraction of sp³-hybridized carbons (Fsp3) is 0.462. The van der Waals surface area contributed by atoms with Crippen molar-refractivity contribution in [2.75, 3.05) is 0 Å². The number of hydrogen-bond acceptors (Lipinski definition) is 1. The van der Waals surface area contributed by atoms with E-state index in [1.54, 1.807) is 12.1 Å². The van der Waals surface area contributed by atoms with E-state index in [0.717, 1.165) is 24.7 Å². The zero-order valence-electron chi connectivity index (χ0n) is 9.13. The number of benzene rings is 1. The van der Waals surface area contributed by atoms with Gasteiger partial charge in [0.2, 0.25) is 0 Å². The van der Waals surface area contributed by atoms with Crippen LogP contribution in [-0.2, 0) is 17.6 Å². The molecule has 1 aromatic rings. The number of aldehydes is 1. The highest BCUT2D eigenvalue weighted by Crippen LogP contribution is 2.13. The summed E-state index contributed by atoms with van der Waals surface area (Å²) in [5, 5.41) is 0. The van der Waals surface area contributed by atoms with Crippen molar-refractivity contribution in [3.8, 4) is 0 Å². The van der Waals surface area contributed by atoms with Gasteiger partial charge < -0.3 is 4.79 Å². The Hall–Kier alpha value is -1.18. The molecule has 0 N–H and O–H groups in total. The normalized spacial score (nSPS) is 10.3. The molecule has 1 rings (SSSR count). The quantitative estimate of drug-likeness (QED) is 0.518. The average molecular weight is 208 g/mol. The molecule has 1 nitrogen and oxygen atoms in total. The van der Waals surface area contributed by atoms with Crippen LogP contribution in [0.25, 0.3) is 0 Å². The number of carbonyl (C=O) groups is 1. The predicted octanol–water partition coefficient (Wildman–Crippen LogP) is 3.30. The second-order valence-electron chi connectivity index (χ2n) is 3.75. The summed E-state index contributed by atoms with van der Waals surface area (Å²) in [7, 11) is 0. The number of unbranched alkanes of at least 4 members (excludes halogenated alkanes) is 2. The first kappa shape index (κ1) is 11.9. The highest BCUT2D eigenvalue weighted by Gasteiger charge is 2.02.